The van der Waals surface area contributed by atoms with Gasteiger partial charge in [-0.2, -0.15) is 0 Å². The van der Waals surface area contributed by atoms with E-state index in [1.807, 2.05) is 0 Å². The summed E-state index contributed by atoms with van der Waals surface area (Å²) < 4.78 is 38.8. The van der Waals surface area contributed by atoms with E-state index in [9.17, 15) is 8.42 Å². The first-order valence-corrected chi connectivity index (χ1v) is 10.2. The third-order valence-electron chi connectivity index (χ3n) is 4.46. The standard InChI is InChI=1S/C18H29NO4S/c1-14-12-17(22-3)13-15(2)18(14)24(20,21)19-10-7-11-23-16-8-5-4-6-9-16/h12-13,16,19H,4-11H2,1-3H3. The zero-order chi connectivity index (χ0) is 17.6. The molecule has 5 nitrogen and oxygen atoms in total. The molecule has 0 aliphatic heterocycles. The number of hydrogen-bond acceptors (Lipinski definition) is 4. The van der Waals surface area contributed by atoms with E-state index in [0.29, 0.717) is 47.4 Å². The maximum atomic E-state index is 12.5. The topological polar surface area (TPSA) is 64.6 Å². The van der Waals surface area contributed by atoms with E-state index >= 15 is 0 Å². The van der Waals surface area contributed by atoms with Crippen LogP contribution in [-0.2, 0) is 14.8 Å². The van der Waals surface area contributed by atoms with Crippen molar-refractivity contribution in [2.75, 3.05) is 20.3 Å². The molecule has 1 aromatic carbocycles. The van der Waals surface area contributed by atoms with Crippen LogP contribution in [0.4, 0.5) is 0 Å². The van der Waals surface area contributed by atoms with Gasteiger partial charge in [-0.15, -0.1) is 0 Å². The molecule has 1 aromatic rings. The van der Waals surface area contributed by atoms with Gasteiger partial charge in [0.2, 0.25) is 10.0 Å². The highest BCUT2D eigenvalue weighted by Crippen LogP contribution is 2.25. The summed E-state index contributed by atoms with van der Waals surface area (Å²) in [6.45, 7) is 4.57. The summed E-state index contributed by atoms with van der Waals surface area (Å²) in [6.07, 6.45) is 7.11. The van der Waals surface area contributed by atoms with E-state index in [2.05, 4.69) is 4.72 Å². The predicted octanol–water partition coefficient (Wildman–Crippen LogP) is 3.33. The van der Waals surface area contributed by atoms with Crippen LogP contribution in [0.5, 0.6) is 5.75 Å². The fourth-order valence-corrected chi connectivity index (χ4v) is 4.81. The normalized spacial score (nSPS) is 16.3. The highest BCUT2D eigenvalue weighted by atomic mass is 32.2. The Morgan fingerprint density at radius 3 is 2.33 bits per heavy atom. The van der Waals surface area contributed by atoms with Gasteiger partial charge in [0.1, 0.15) is 5.75 Å². The van der Waals surface area contributed by atoms with Crippen LogP contribution in [0.1, 0.15) is 49.7 Å². The molecule has 1 N–H and O–H groups in total. The fraction of sp³-hybridized carbons (Fsp3) is 0.667. The Hall–Kier alpha value is -1.11. The van der Waals surface area contributed by atoms with Crippen molar-refractivity contribution in [3.05, 3.63) is 23.3 Å². The molecule has 136 valence electrons. The van der Waals surface area contributed by atoms with Crippen LogP contribution in [0.25, 0.3) is 0 Å². The monoisotopic (exact) mass is 355 g/mol. The molecule has 1 aliphatic carbocycles. The van der Waals surface area contributed by atoms with E-state index in [1.54, 1.807) is 33.1 Å². The minimum Gasteiger partial charge on any atom is -0.497 e. The van der Waals surface area contributed by atoms with Crippen molar-refractivity contribution in [2.45, 2.75) is 63.4 Å². The van der Waals surface area contributed by atoms with Crippen molar-refractivity contribution in [3.63, 3.8) is 0 Å². The summed E-state index contributed by atoms with van der Waals surface area (Å²) in [5, 5.41) is 0. The molecule has 0 atom stereocenters. The lowest BCUT2D eigenvalue weighted by Gasteiger charge is -2.22. The maximum absolute atomic E-state index is 12.5. The molecule has 0 bridgehead atoms. The van der Waals surface area contributed by atoms with Gasteiger partial charge in [-0.1, -0.05) is 19.3 Å². The van der Waals surface area contributed by atoms with Crippen molar-refractivity contribution >= 4 is 10.0 Å². The van der Waals surface area contributed by atoms with E-state index < -0.39 is 10.0 Å². The van der Waals surface area contributed by atoms with Gasteiger partial charge in [0, 0.05) is 13.2 Å². The molecule has 0 saturated heterocycles. The Morgan fingerprint density at radius 1 is 1.12 bits per heavy atom. The number of hydrogen-bond donors (Lipinski definition) is 1. The number of sulfonamides is 1. The van der Waals surface area contributed by atoms with Gasteiger partial charge in [0.05, 0.1) is 18.1 Å². The average molecular weight is 356 g/mol. The van der Waals surface area contributed by atoms with Crippen LogP contribution < -0.4 is 9.46 Å². The van der Waals surface area contributed by atoms with Gasteiger partial charge in [-0.3, -0.25) is 0 Å². The molecule has 0 radical (unpaired) electrons. The molecule has 0 heterocycles. The summed E-state index contributed by atoms with van der Waals surface area (Å²) in [5.41, 5.74) is 1.38. The van der Waals surface area contributed by atoms with Crippen molar-refractivity contribution in [1.82, 2.24) is 4.72 Å². The van der Waals surface area contributed by atoms with Gasteiger partial charge in [0.15, 0.2) is 0 Å². The first-order chi connectivity index (χ1) is 11.4. The van der Waals surface area contributed by atoms with E-state index in [0.717, 1.165) is 12.8 Å². The highest BCUT2D eigenvalue weighted by Gasteiger charge is 2.20. The van der Waals surface area contributed by atoms with E-state index in [4.69, 9.17) is 9.47 Å². The zero-order valence-electron chi connectivity index (χ0n) is 14.9. The minimum absolute atomic E-state index is 0.344. The number of rotatable bonds is 8. The van der Waals surface area contributed by atoms with Crippen molar-refractivity contribution in [3.8, 4) is 5.75 Å². The smallest absolute Gasteiger partial charge is 0.241 e. The minimum atomic E-state index is -3.51. The maximum Gasteiger partial charge on any atom is 0.241 e. The summed E-state index contributed by atoms with van der Waals surface area (Å²) in [5.74, 6) is 0.671. The Kier molecular flexibility index (Phi) is 7.07. The van der Waals surface area contributed by atoms with Crippen molar-refractivity contribution in [2.24, 2.45) is 0 Å². The van der Waals surface area contributed by atoms with E-state index in [1.165, 1.54) is 19.3 Å². The van der Waals surface area contributed by atoms with Gasteiger partial charge in [-0.25, -0.2) is 13.1 Å². The van der Waals surface area contributed by atoms with Gasteiger partial charge in [0.25, 0.3) is 0 Å². The molecule has 1 fully saturated rings. The molecule has 2 rings (SSSR count). The summed E-state index contributed by atoms with van der Waals surface area (Å²) >= 11 is 0. The van der Waals surface area contributed by atoms with Crippen molar-refractivity contribution in [1.29, 1.82) is 0 Å². The summed E-state index contributed by atoms with van der Waals surface area (Å²) in [4.78, 5) is 0.344. The average Bonchev–Trinajstić information content (AvgIpc) is 2.54. The first-order valence-electron chi connectivity index (χ1n) is 8.70. The van der Waals surface area contributed by atoms with Crippen LogP contribution >= 0.6 is 0 Å². The lowest BCUT2D eigenvalue weighted by Crippen LogP contribution is -2.27. The zero-order valence-corrected chi connectivity index (χ0v) is 15.7. The van der Waals surface area contributed by atoms with Gasteiger partial charge < -0.3 is 9.47 Å². The molecule has 0 unspecified atom stereocenters. The van der Waals surface area contributed by atoms with Crippen LogP contribution in [0.2, 0.25) is 0 Å². The fourth-order valence-electron chi connectivity index (χ4n) is 3.28. The quantitative estimate of drug-likeness (QED) is 0.727. The molecule has 1 aliphatic rings. The lowest BCUT2D eigenvalue weighted by molar-refractivity contribution is 0.0278. The lowest BCUT2D eigenvalue weighted by atomic mass is 9.98. The summed E-state index contributed by atoms with van der Waals surface area (Å²) in [7, 11) is -1.94. The molecule has 1 saturated carbocycles. The second-order valence-electron chi connectivity index (χ2n) is 6.47. The Labute approximate surface area is 145 Å². The second kappa shape index (κ2) is 8.83. The molecule has 0 aromatic heterocycles. The van der Waals surface area contributed by atoms with Crippen LogP contribution in [0.3, 0.4) is 0 Å². The SMILES string of the molecule is COc1cc(C)c(S(=O)(=O)NCCCOC2CCCCC2)c(C)c1. The third kappa shape index (κ3) is 5.19. The summed E-state index contributed by atoms with van der Waals surface area (Å²) in [6, 6.07) is 3.49. The largest absolute Gasteiger partial charge is 0.497 e. The van der Waals surface area contributed by atoms with Crippen LogP contribution in [-0.4, -0.2) is 34.8 Å². The third-order valence-corrected chi connectivity index (χ3v) is 6.22. The highest BCUT2D eigenvalue weighted by molar-refractivity contribution is 7.89. The number of benzene rings is 1. The number of nitrogens with one attached hydrogen (secondary N) is 1. The van der Waals surface area contributed by atoms with Gasteiger partial charge >= 0.3 is 0 Å². The molecular weight excluding hydrogens is 326 g/mol. The molecule has 0 spiro atoms. The van der Waals surface area contributed by atoms with Crippen LogP contribution in [0.15, 0.2) is 17.0 Å². The molecule has 0 amide bonds. The Morgan fingerprint density at radius 2 is 1.75 bits per heavy atom. The Bertz CT molecular complexity index is 613. The van der Waals surface area contributed by atoms with Crippen molar-refractivity contribution < 1.29 is 17.9 Å². The number of ether oxygens (including phenoxy) is 2. The van der Waals surface area contributed by atoms with E-state index in [-0.39, 0.29) is 0 Å². The number of methoxy groups -OCH3 is 1. The van der Waals surface area contributed by atoms with Crippen LogP contribution in [0, 0.1) is 13.8 Å². The molecular formula is C18H29NO4S. The predicted molar refractivity (Wildman–Crippen MR) is 95.1 cm³/mol. The molecule has 24 heavy (non-hydrogen) atoms. The first kappa shape index (κ1) is 19.2. The second-order valence-corrected chi connectivity index (χ2v) is 8.18. The number of aryl methyl sites for hydroxylation is 2. The Balaban J connectivity index is 1.85. The van der Waals surface area contributed by atoms with Gasteiger partial charge in [-0.05, 0) is 56.4 Å². The molecule has 6 heteroatoms.